The van der Waals surface area contributed by atoms with E-state index in [1.54, 1.807) is 18.0 Å². The van der Waals surface area contributed by atoms with Crippen LogP contribution in [0.3, 0.4) is 0 Å². The smallest absolute Gasteiger partial charge is 0.225 e. The lowest BCUT2D eigenvalue weighted by Crippen LogP contribution is -2.20. The number of imidazole rings is 1. The number of carbonyl (C=O) groups is 1. The van der Waals surface area contributed by atoms with E-state index in [0.717, 1.165) is 51.7 Å². The largest absolute Gasteiger partial charge is 0.457 e. The first-order chi connectivity index (χ1) is 17.7. The summed E-state index contributed by atoms with van der Waals surface area (Å²) in [6.07, 6.45) is 8.77. The molecule has 37 heavy (non-hydrogen) atoms. The van der Waals surface area contributed by atoms with Crippen molar-refractivity contribution in [2.75, 3.05) is 18.2 Å². The first-order valence-electron chi connectivity index (χ1n) is 12.1. The van der Waals surface area contributed by atoms with E-state index in [0.29, 0.717) is 19.6 Å². The van der Waals surface area contributed by atoms with E-state index in [9.17, 15) is 4.79 Å². The lowest BCUT2D eigenvalue weighted by Gasteiger charge is -2.28. The normalized spacial score (nSPS) is 12.1. The zero-order chi connectivity index (χ0) is 24.7. The third-order valence-corrected chi connectivity index (χ3v) is 7.10. The van der Waals surface area contributed by atoms with E-state index in [2.05, 4.69) is 10.3 Å². The summed E-state index contributed by atoms with van der Waals surface area (Å²) in [5, 5.41) is 3.21. The van der Waals surface area contributed by atoms with Gasteiger partial charge in [0.15, 0.2) is 0 Å². The second-order valence-electron chi connectivity index (χ2n) is 8.68. The molecule has 2 heterocycles. The van der Waals surface area contributed by atoms with Gasteiger partial charge in [0.2, 0.25) is 5.91 Å². The molecule has 1 aliphatic rings. The van der Waals surface area contributed by atoms with Gasteiger partial charge in [0.25, 0.3) is 0 Å². The second kappa shape index (κ2) is 12.8. The number of aryl methyl sites for hydroxylation is 1. The molecule has 0 aliphatic carbocycles. The number of carbonyl (C=O) groups excluding carboxylic acids is 1. The maximum atomic E-state index is 13.4. The van der Waals surface area contributed by atoms with E-state index in [1.807, 2.05) is 90.1 Å². The number of nitrogens with zero attached hydrogens (tertiary/aromatic N) is 2. The molecule has 6 nitrogen and oxygen atoms in total. The van der Waals surface area contributed by atoms with Gasteiger partial charge < -0.3 is 19.4 Å². The number of ether oxygens (including phenoxy) is 2. The van der Waals surface area contributed by atoms with Crippen molar-refractivity contribution in [3.8, 4) is 11.5 Å². The number of hydrogen-bond acceptors (Lipinski definition) is 5. The summed E-state index contributed by atoms with van der Waals surface area (Å²) in [6.45, 7) is 1.93. The number of thioether (sulfide) groups is 1. The molecule has 0 saturated heterocycles. The van der Waals surface area contributed by atoms with Crippen molar-refractivity contribution in [1.82, 2.24) is 9.55 Å². The van der Waals surface area contributed by atoms with Crippen LogP contribution in [-0.2, 0) is 22.7 Å². The Morgan fingerprint density at radius 2 is 1.78 bits per heavy atom. The number of para-hydroxylation sites is 3. The Kier molecular flexibility index (Phi) is 9.28. The zero-order valence-corrected chi connectivity index (χ0v) is 22.3. The van der Waals surface area contributed by atoms with Gasteiger partial charge in [-0.15, -0.1) is 24.2 Å². The summed E-state index contributed by atoms with van der Waals surface area (Å²) in [7, 11) is 0. The third kappa shape index (κ3) is 6.36. The van der Waals surface area contributed by atoms with E-state index >= 15 is 0 Å². The molecule has 1 aromatic heterocycles. The standard InChI is InChI=1S/C29H29N3O3S.ClH/c1-36-27-13-6-8-21(19-34-17-7-15-32-16-14-30-20-32)29(27)31-28(33)18-24-22-9-2-4-11-25(22)35-26-12-5-3-10-23(24)26;/h2-6,8-14,16,20,24H,7,15,17-19H2,1H3,(H,31,33);1H. The van der Waals surface area contributed by atoms with E-state index < -0.39 is 0 Å². The molecule has 0 spiro atoms. The Hall–Kier alpha value is -3.26. The third-order valence-electron chi connectivity index (χ3n) is 6.32. The van der Waals surface area contributed by atoms with Crippen LogP contribution in [0.2, 0.25) is 0 Å². The van der Waals surface area contributed by atoms with Gasteiger partial charge in [-0.05, 0) is 30.9 Å². The van der Waals surface area contributed by atoms with Gasteiger partial charge in [-0.1, -0.05) is 48.5 Å². The fourth-order valence-corrected chi connectivity index (χ4v) is 5.16. The minimum atomic E-state index is -0.0736. The Morgan fingerprint density at radius 1 is 1.05 bits per heavy atom. The van der Waals surface area contributed by atoms with Crippen LogP contribution < -0.4 is 10.1 Å². The highest BCUT2D eigenvalue weighted by molar-refractivity contribution is 7.98. The van der Waals surface area contributed by atoms with Crippen molar-refractivity contribution in [1.29, 1.82) is 0 Å². The van der Waals surface area contributed by atoms with Gasteiger partial charge in [-0.2, -0.15) is 0 Å². The molecule has 0 unspecified atom stereocenters. The molecular formula is C29H30ClN3O3S. The summed E-state index contributed by atoms with van der Waals surface area (Å²) in [5.74, 6) is 1.51. The summed E-state index contributed by atoms with van der Waals surface area (Å²) < 4.78 is 14.1. The Labute approximate surface area is 227 Å². The molecule has 0 atom stereocenters. The summed E-state index contributed by atoms with van der Waals surface area (Å²) >= 11 is 1.62. The fourth-order valence-electron chi connectivity index (χ4n) is 4.56. The number of halogens is 1. The Balaban J connectivity index is 0.00000320. The molecule has 1 amide bonds. The average molecular weight is 536 g/mol. The summed E-state index contributed by atoms with van der Waals surface area (Å²) in [4.78, 5) is 18.5. The molecular weight excluding hydrogens is 506 g/mol. The lowest BCUT2D eigenvalue weighted by atomic mass is 9.85. The van der Waals surface area contributed by atoms with Crippen LogP contribution in [0, 0.1) is 0 Å². The van der Waals surface area contributed by atoms with Gasteiger partial charge in [0, 0.05) is 59.5 Å². The molecule has 0 bridgehead atoms. The van der Waals surface area contributed by atoms with E-state index in [1.165, 1.54) is 0 Å². The van der Waals surface area contributed by atoms with Crippen LogP contribution in [0.25, 0.3) is 0 Å². The number of benzene rings is 3. The van der Waals surface area contributed by atoms with Crippen molar-refractivity contribution in [3.63, 3.8) is 0 Å². The molecule has 3 aromatic carbocycles. The molecule has 1 aliphatic heterocycles. The molecule has 1 N–H and O–H groups in total. The zero-order valence-electron chi connectivity index (χ0n) is 20.6. The SMILES string of the molecule is CSc1cccc(COCCCn2ccnc2)c1NC(=O)CC1c2ccccc2Oc2ccccc21.Cl. The van der Waals surface area contributed by atoms with Crippen LogP contribution in [0.5, 0.6) is 11.5 Å². The molecule has 0 saturated carbocycles. The molecule has 192 valence electrons. The van der Waals surface area contributed by atoms with Crippen LogP contribution in [-0.4, -0.2) is 28.3 Å². The number of aromatic nitrogens is 2. The number of nitrogens with one attached hydrogen (secondary N) is 1. The highest BCUT2D eigenvalue weighted by atomic mass is 35.5. The minimum absolute atomic E-state index is 0. The van der Waals surface area contributed by atoms with Crippen molar-refractivity contribution in [3.05, 3.63) is 102 Å². The predicted octanol–water partition coefficient (Wildman–Crippen LogP) is 6.90. The topological polar surface area (TPSA) is 65.4 Å². The quantitative estimate of drug-likeness (QED) is 0.177. The number of fused-ring (bicyclic) bond motifs is 2. The first kappa shape index (κ1) is 26.8. The van der Waals surface area contributed by atoms with Gasteiger partial charge in [-0.25, -0.2) is 4.98 Å². The maximum Gasteiger partial charge on any atom is 0.225 e. The number of rotatable bonds is 10. The van der Waals surface area contributed by atoms with Crippen molar-refractivity contribution >= 4 is 35.8 Å². The lowest BCUT2D eigenvalue weighted by molar-refractivity contribution is -0.116. The monoisotopic (exact) mass is 535 g/mol. The maximum absolute atomic E-state index is 13.4. The Morgan fingerprint density at radius 3 is 2.46 bits per heavy atom. The predicted molar refractivity (Wildman–Crippen MR) is 150 cm³/mol. The van der Waals surface area contributed by atoms with E-state index in [4.69, 9.17) is 9.47 Å². The highest BCUT2D eigenvalue weighted by Crippen LogP contribution is 2.45. The number of hydrogen-bond donors (Lipinski definition) is 1. The molecule has 0 fully saturated rings. The molecule has 0 radical (unpaired) electrons. The van der Waals surface area contributed by atoms with Crippen molar-refractivity contribution < 1.29 is 14.3 Å². The van der Waals surface area contributed by atoms with Gasteiger partial charge in [0.05, 0.1) is 18.6 Å². The van der Waals surface area contributed by atoms with Crippen molar-refractivity contribution in [2.45, 2.75) is 36.8 Å². The number of amides is 1. The molecule has 8 heteroatoms. The van der Waals surface area contributed by atoms with Crippen LogP contribution in [0.1, 0.15) is 35.4 Å². The molecule has 4 aromatic rings. The average Bonchev–Trinajstić information content (AvgIpc) is 3.42. The number of anilines is 1. The molecule has 5 rings (SSSR count). The Bertz CT molecular complexity index is 1280. The minimum Gasteiger partial charge on any atom is -0.457 e. The second-order valence-corrected chi connectivity index (χ2v) is 9.53. The van der Waals surface area contributed by atoms with Gasteiger partial charge >= 0.3 is 0 Å². The van der Waals surface area contributed by atoms with Gasteiger partial charge in [0.1, 0.15) is 11.5 Å². The van der Waals surface area contributed by atoms with Crippen LogP contribution in [0.15, 0.2) is 90.3 Å². The van der Waals surface area contributed by atoms with Gasteiger partial charge in [-0.3, -0.25) is 4.79 Å². The summed E-state index contributed by atoms with van der Waals surface area (Å²) in [5.41, 5.74) is 3.88. The summed E-state index contributed by atoms with van der Waals surface area (Å²) in [6, 6.07) is 22.0. The fraction of sp³-hybridized carbons (Fsp3) is 0.241. The van der Waals surface area contributed by atoms with Crippen molar-refractivity contribution in [2.24, 2.45) is 0 Å². The van der Waals surface area contributed by atoms with E-state index in [-0.39, 0.29) is 24.2 Å². The first-order valence-corrected chi connectivity index (χ1v) is 13.3. The highest BCUT2D eigenvalue weighted by Gasteiger charge is 2.29. The van der Waals surface area contributed by atoms with Crippen LogP contribution in [0.4, 0.5) is 5.69 Å². The van der Waals surface area contributed by atoms with Crippen LogP contribution >= 0.6 is 24.2 Å².